The SMILES string of the molecule is CCC[C@@H](c1nnnn1C[C@H]1CCCO1)N(Cc1ccccc1)Cc1cc2cc(C)ccc2[nH]c1=O. The Hall–Kier alpha value is -3.36. The zero-order chi connectivity index (χ0) is 24.9. The van der Waals surface area contributed by atoms with Gasteiger partial charge in [-0.2, -0.15) is 0 Å². The largest absolute Gasteiger partial charge is 0.376 e. The Morgan fingerprint density at radius 1 is 1.17 bits per heavy atom. The second-order valence-electron chi connectivity index (χ2n) is 9.76. The van der Waals surface area contributed by atoms with Crippen LogP contribution in [0.1, 0.15) is 61.2 Å². The Labute approximate surface area is 211 Å². The number of hydrogen-bond donors (Lipinski definition) is 1. The van der Waals surface area contributed by atoms with Gasteiger partial charge in [0.25, 0.3) is 5.56 Å². The van der Waals surface area contributed by atoms with Crippen molar-refractivity contribution in [1.82, 2.24) is 30.1 Å². The first kappa shape index (κ1) is 24.3. The van der Waals surface area contributed by atoms with Crippen molar-refractivity contribution in [3.8, 4) is 0 Å². The third-order valence-electron chi connectivity index (χ3n) is 6.94. The van der Waals surface area contributed by atoms with E-state index in [1.165, 1.54) is 11.1 Å². The van der Waals surface area contributed by atoms with E-state index in [0.717, 1.165) is 54.6 Å². The Balaban J connectivity index is 1.51. The average molecular weight is 487 g/mol. The number of aryl methyl sites for hydroxylation is 1. The maximum absolute atomic E-state index is 13.1. The number of ether oxygens (including phenoxy) is 1. The first-order chi connectivity index (χ1) is 17.6. The molecule has 188 valence electrons. The third-order valence-corrected chi connectivity index (χ3v) is 6.94. The van der Waals surface area contributed by atoms with Crippen molar-refractivity contribution in [2.45, 2.75) is 71.3 Å². The van der Waals surface area contributed by atoms with Gasteiger partial charge in [0, 0.05) is 30.8 Å². The molecule has 0 amide bonds. The predicted octanol–water partition coefficient (Wildman–Crippen LogP) is 4.55. The van der Waals surface area contributed by atoms with Crippen LogP contribution in [0, 0.1) is 6.92 Å². The van der Waals surface area contributed by atoms with Gasteiger partial charge in [-0.3, -0.25) is 9.69 Å². The first-order valence-corrected chi connectivity index (χ1v) is 12.9. The van der Waals surface area contributed by atoms with Gasteiger partial charge in [-0.25, -0.2) is 4.68 Å². The van der Waals surface area contributed by atoms with Gasteiger partial charge in [0.05, 0.1) is 18.7 Å². The fourth-order valence-electron chi connectivity index (χ4n) is 5.11. The monoisotopic (exact) mass is 486 g/mol. The molecule has 2 atom stereocenters. The lowest BCUT2D eigenvalue weighted by molar-refractivity contribution is 0.0885. The van der Waals surface area contributed by atoms with Crippen LogP contribution in [0.15, 0.2) is 59.4 Å². The molecule has 0 radical (unpaired) electrons. The molecule has 1 saturated heterocycles. The van der Waals surface area contributed by atoms with Crippen LogP contribution in [0.4, 0.5) is 0 Å². The summed E-state index contributed by atoms with van der Waals surface area (Å²) in [4.78, 5) is 18.5. The Morgan fingerprint density at radius 3 is 2.81 bits per heavy atom. The van der Waals surface area contributed by atoms with Gasteiger partial charge < -0.3 is 9.72 Å². The zero-order valence-electron chi connectivity index (χ0n) is 21.1. The lowest BCUT2D eigenvalue weighted by Crippen LogP contribution is -2.33. The summed E-state index contributed by atoms with van der Waals surface area (Å²) in [6, 6.07) is 18.5. The number of pyridine rings is 1. The Bertz CT molecular complexity index is 1340. The highest BCUT2D eigenvalue weighted by molar-refractivity contribution is 5.79. The lowest BCUT2D eigenvalue weighted by Gasteiger charge is -2.31. The fourth-order valence-corrected chi connectivity index (χ4v) is 5.11. The van der Waals surface area contributed by atoms with Gasteiger partial charge in [0.2, 0.25) is 0 Å². The molecular weight excluding hydrogens is 452 g/mol. The van der Waals surface area contributed by atoms with Crippen molar-refractivity contribution >= 4 is 10.9 Å². The molecule has 1 N–H and O–H groups in total. The summed E-state index contributed by atoms with van der Waals surface area (Å²) in [5.41, 5.74) is 3.89. The van der Waals surface area contributed by atoms with Gasteiger partial charge in [-0.15, -0.1) is 5.10 Å². The molecule has 0 saturated carbocycles. The van der Waals surface area contributed by atoms with Crippen LogP contribution in [-0.4, -0.2) is 42.8 Å². The van der Waals surface area contributed by atoms with Crippen LogP contribution in [-0.2, 0) is 24.4 Å². The summed E-state index contributed by atoms with van der Waals surface area (Å²) in [6.45, 7) is 6.86. The minimum Gasteiger partial charge on any atom is -0.376 e. The number of fused-ring (bicyclic) bond motifs is 1. The summed E-state index contributed by atoms with van der Waals surface area (Å²) in [5.74, 6) is 0.830. The summed E-state index contributed by atoms with van der Waals surface area (Å²) in [7, 11) is 0. The molecule has 4 aromatic rings. The number of aromatic nitrogens is 5. The maximum atomic E-state index is 13.1. The number of nitrogens with zero attached hydrogens (tertiary/aromatic N) is 5. The van der Waals surface area contributed by atoms with E-state index in [4.69, 9.17) is 4.74 Å². The second kappa shape index (κ2) is 11.1. The molecule has 0 bridgehead atoms. The van der Waals surface area contributed by atoms with E-state index in [-0.39, 0.29) is 17.7 Å². The highest BCUT2D eigenvalue weighted by atomic mass is 16.5. The summed E-state index contributed by atoms with van der Waals surface area (Å²) in [6.07, 6.45) is 4.09. The van der Waals surface area contributed by atoms with E-state index in [0.29, 0.717) is 19.6 Å². The molecule has 8 heteroatoms. The summed E-state index contributed by atoms with van der Waals surface area (Å²) < 4.78 is 7.77. The Kier molecular flexibility index (Phi) is 7.53. The first-order valence-electron chi connectivity index (χ1n) is 12.9. The molecule has 1 aliphatic heterocycles. The van der Waals surface area contributed by atoms with Gasteiger partial charge >= 0.3 is 0 Å². The summed E-state index contributed by atoms with van der Waals surface area (Å²) in [5, 5.41) is 13.9. The minimum absolute atomic E-state index is 0.0424. The predicted molar refractivity (Wildman–Crippen MR) is 139 cm³/mol. The highest BCUT2D eigenvalue weighted by Crippen LogP contribution is 2.28. The van der Waals surface area contributed by atoms with Crippen LogP contribution in [0.25, 0.3) is 10.9 Å². The number of rotatable bonds is 10. The van der Waals surface area contributed by atoms with Crippen molar-refractivity contribution in [3.05, 3.63) is 87.5 Å². The van der Waals surface area contributed by atoms with E-state index in [9.17, 15) is 4.79 Å². The maximum Gasteiger partial charge on any atom is 0.252 e. The quantitative estimate of drug-likeness (QED) is 0.354. The molecule has 8 nitrogen and oxygen atoms in total. The van der Waals surface area contributed by atoms with Gasteiger partial charge in [-0.1, -0.05) is 55.3 Å². The van der Waals surface area contributed by atoms with Crippen LogP contribution in [0.2, 0.25) is 0 Å². The van der Waals surface area contributed by atoms with Crippen molar-refractivity contribution in [2.75, 3.05) is 6.61 Å². The molecule has 0 aliphatic carbocycles. The molecule has 3 heterocycles. The molecule has 2 aromatic heterocycles. The van der Waals surface area contributed by atoms with Crippen LogP contribution in [0.5, 0.6) is 0 Å². The van der Waals surface area contributed by atoms with Crippen molar-refractivity contribution in [2.24, 2.45) is 0 Å². The van der Waals surface area contributed by atoms with Crippen LogP contribution >= 0.6 is 0 Å². The van der Waals surface area contributed by atoms with Crippen LogP contribution in [0.3, 0.4) is 0 Å². The van der Waals surface area contributed by atoms with Gasteiger partial charge in [0.15, 0.2) is 5.82 Å². The summed E-state index contributed by atoms with van der Waals surface area (Å²) >= 11 is 0. The standard InChI is InChI=1S/C28H34N6O2/c1-3-8-26(27-30-31-32-34(27)19-24-11-7-14-36-24)33(17-21-9-5-4-6-10-21)18-23-16-22-15-20(2)12-13-25(22)29-28(23)35/h4-6,9-10,12-13,15-16,24,26H,3,7-8,11,14,17-19H2,1-2H3,(H,29,35)/t24-,26+/m1/s1. The van der Waals surface area contributed by atoms with Crippen molar-refractivity contribution < 1.29 is 4.74 Å². The van der Waals surface area contributed by atoms with Crippen molar-refractivity contribution in [3.63, 3.8) is 0 Å². The van der Waals surface area contributed by atoms with Crippen molar-refractivity contribution in [1.29, 1.82) is 0 Å². The topological polar surface area (TPSA) is 88.9 Å². The van der Waals surface area contributed by atoms with Gasteiger partial charge in [-0.05, 0) is 65.8 Å². The van der Waals surface area contributed by atoms with E-state index in [1.807, 2.05) is 28.9 Å². The number of hydrogen-bond acceptors (Lipinski definition) is 6. The van der Waals surface area contributed by atoms with E-state index >= 15 is 0 Å². The molecule has 2 aromatic carbocycles. The number of aromatic amines is 1. The molecule has 36 heavy (non-hydrogen) atoms. The molecular formula is C28H34N6O2. The third kappa shape index (κ3) is 5.55. The van der Waals surface area contributed by atoms with Gasteiger partial charge in [0.1, 0.15) is 0 Å². The average Bonchev–Trinajstić information content (AvgIpc) is 3.56. The number of nitrogens with one attached hydrogen (secondary N) is 1. The molecule has 5 rings (SSSR count). The minimum atomic E-state index is -0.0568. The highest BCUT2D eigenvalue weighted by Gasteiger charge is 2.28. The molecule has 1 fully saturated rings. The van der Waals surface area contributed by atoms with E-state index in [1.54, 1.807) is 0 Å². The number of H-pyrrole nitrogens is 1. The fraction of sp³-hybridized carbons (Fsp3) is 0.429. The van der Waals surface area contributed by atoms with E-state index in [2.05, 4.69) is 69.6 Å². The van der Waals surface area contributed by atoms with E-state index < -0.39 is 0 Å². The normalized spacial score (nSPS) is 16.7. The number of tetrazole rings is 1. The second-order valence-corrected chi connectivity index (χ2v) is 9.76. The zero-order valence-corrected chi connectivity index (χ0v) is 21.1. The number of benzene rings is 2. The molecule has 0 unspecified atom stereocenters. The molecule has 0 spiro atoms. The van der Waals surface area contributed by atoms with Crippen LogP contribution < -0.4 is 5.56 Å². The molecule has 1 aliphatic rings. The Morgan fingerprint density at radius 2 is 2.03 bits per heavy atom. The lowest BCUT2D eigenvalue weighted by atomic mass is 10.0. The smallest absolute Gasteiger partial charge is 0.252 e.